The Labute approximate surface area is 90.1 Å². The van der Waals surface area contributed by atoms with Crippen molar-refractivity contribution in [2.24, 2.45) is 11.3 Å². The van der Waals surface area contributed by atoms with Crippen molar-refractivity contribution in [3.63, 3.8) is 0 Å². The number of hydrogen-bond acceptors (Lipinski definition) is 2. The standard InChI is InChI=1S/C12H28N2/c1-7-11(8-13-5)9-14(6)10-12(2,3)4/h11,13H,7-10H2,1-6H3. The summed E-state index contributed by atoms with van der Waals surface area (Å²) in [6.07, 6.45) is 1.26. The van der Waals surface area contributed by atoms with Gasteiger partial charge in [0.1, 0.15) is 0 Å². The molecule has 0 spiro atoms. The van der Waals surface area contributed by atoms with E-state index in [4.69, 9.17) is 0 Å². The van der Waals surface area contributed by atoms with Crippen molar-refractivity contribution in [3.05, 3.63) is 0 Å². The van der Waals surface area contributed by atoms with E-state index in [0.29, 0.717) is 5.41 Å². The number of rotatable bonds is 6. The Morgan fingerprint density at radius 3 is 2.21 bits per heavy atom. The van der Waals surface area contributed by atoms with Crippen LogP contribution in [0.4, 0.5) is 0 Å². The summed E-state index contributed by atoms with van der Waals surface area (Å²) >= 11 is 0. The van der Waals surface area contributed by atoms with Gasteiger partial charge >= 0.3 is 0 Å². The van der Waals surface area contributed by atoms with E-state index < -0.39 is 0 Å². The first-order valence-electron chi connectivity index (χ1n) is 5.72. The molecule has 0 aromatic rings. The number of hydrogen-bond donors (Lipinski definition) is 1. The van der Waals surface area contributed by atoms with E-state index >= 15 is 0 Å². The second-order valence-electron chi connectivity index (χ2n) is 5.59. The van der Waals surface area contributed by atoms with E-state index in [-0.39, 0.29) is 0 Å². The van der Waals surface area contributed by atoms with Crippen molar-refractivity contribution in [2.75, 3.05) is 33.7 Å². The maximum atomic E-state index is 3.26. The minimum atomic E-state index is 0.409. The van der Waals surface area contributed by atoms with E-state index in [9.17, 15) is 0 Å². The van der Waals surface area contributed by atoms with Gasteiger partial charge in [-0.05, 0) is 32.0 Å². The summed E-state index contributed by atoms with van der Waals surface area (Å²) in [4.78, 5) is 2.45. The summed E-state index contributed by atoms with van der Waals surface area (Å²) in [5, 5.41) is 3.26. The second-order valence-corrected chi connectivity index (χ2v) is 5.59. The molecule has 1 atom stereocenters. The zero-order valence-electron chi connectivity index (χ0n) is 10.9. The van der Waals surface area contributed by atoms with Gasteiger partial charge < -0.3 is 10.2 Å². The van der Waals surface area contributed by atoms with Crippen LogP contribution in [0, 0.1) is 11.3 Å². The highest BCUT2D eigenvalue weighted by Crippen LogP contribution is 2.15. The highest BCUT2D eigenvalue weighted by atomic mass is 15.1. The molecule has 0 aliphatic heterocycles. The maximum absolute atomic E-state index is 3.26. The molecule has 0 saturated heterocycles. The molecular weight excluding hydrogens is 172 g/mol. The van der Waals surface area contributed by atoms with E-state index in [0.717, 1.165) is 12.5 Å². The van der Waals surface area contributed by atoms with Gasteiger partial charge in [-0.25, -0.2) is 0 Å². The summed E-state index contributed by atoms with van der Waals surface area (Å²) in [5.41, 5.74) is 0.409. The summed E-state index contributed by atoms with van der Waals surface area (Å²) in [7, 11) is 4.26. The lowest BCUT2D eigenvalue weighted by Crippen LogP contribution is -2.35. The van der Waals surface area contributed by atoms with Crippen LogP contribution in [0.25, 0.3) is 0 Å². The Bertz CT molecular complexity index is 138. The lowest BCUT2D eigenvalue weighted by molar-refractivity contribution is 0.196. The lowest BCUT2D eigenvalue weighted by Gasteiger charge is -2.29. The summed E-state index contributed by atoms with van der Waals surface area (Å²) in [6.45, 7) is 12.7. The molecule has 0 amide bonds. The fourth-order valence-corrected chi connectivity index (χ4v) is 1.94. The predicted octanol–water partition coefficient (Wildman–Crippen LogP) is 2.21. The molecule has 0 fully saturated rings. The van der Waals surface area contributed by atoms with Gasteiger partial charge in [0.2, 0.25) is 0 Å². The van der Waals surface area contributed by atoms with Crippen LogP contribution in [0.3, 0.4) is 0 Å². The fraction of sp³-hybridized carbons (Fsp3) is 1.00. The third-order valence-electron chi connectivity index (χ3n) is 2.38. The van der Waals surface area contributed by atoms with Crippen LogP contribution >= 0.6 is 0 Å². The minimum Gasteiger partial charge on any atom is -0.319 e. The average molecular weight is 200 g/mol. The molecule has 0 aromatic carbocycles. The van der Waals surface area contributed by atoms with Crippen LogP contribution in [0.5, 0.6) is 0 Å². The quantitative estimate of drug-likeness (QED) is 0.707. The normalized spacial score (nSPS) is 14.8. The van der Waals surface area contributed by atoms with Crippen molar-refractivity contribution in [2.45, 2.75) is 34.1 Å². The first-order valence-corrected chi connectivity index (χ1v) is 5.72. The summed E-state index contributed by atoms with van der Waals surface area (Å²) in [5.74, 6) is 0.785. The van der Waals surface area contributed by atoms with E-state index in [2.05, 4.69) is 45.0 Å². The lowest BCUT2D eigenvalue weighted by atomic mass is 9.95. The molecule has 86 valence electrons. The van der Waals surface area contributed by atoms with Gasteiger partial charge in [-0.2, -0.15) is 0 Å². The molecule has 2 nitrogen and oxygen atoms in total. The first kappa shape index (κ1) is 13.9. The Hall–Kier alpha value is -0.0800. The molecule has 0 heterocycles. The van der Waals surface area contributed by atoms with Crippen LogP contribution in [0.2, 0.25) is 0 Å². The van der Waals surface area contributed by atoms with Gasteiger partial charge in [-0.3, -0.25) is 0 Å². The Balaban J connectivity index is 3.84. The zero-order chi connectivity index (χ0) is 11.2. The summed E-state index contributed by atoms with van der Waals surface area (Å²) < 4.78 is 0. The topological polar surface area (TPSA) is 15.3 Å². The SMILES string of the molecule is CCC(CNC)CN(C)CC(C)(C)C. The van der Waals surface area contributed by atoms with Crippen LogP contribution in [-0.4, -0.2) is 38.6 Å². The third kappa shape index (κ3) is 7.34. The average Bonchev–Trinajstić information content (AvgIpc) is 2.00. The molecule has 0 radical (unpaired) electrons. The van der Waals surface area contributed by atoms with E-state index in [1.54, 1.807) is 0 Å². The van der Waals surface area contributed by atoms with Crippen molar-refractivity contribution in [3.8, 4) is 0 Å². The zero-order valence-corrected chi connectivity index (χ0v) is 10.9. The summed E-state index contributed by atoms with van der Waals surface area (Å²) in [6, 6.07) is 0. The molecule has 0 aliphatic carbocycles. The van der Waals surface area contributed by atoms with Crippen molar-refractivity contribution < 1.29 is 0 Å². The van der Waals surface area contributed by atoms with Crippen molar-refractivity contribution in [1.82, 2.24) is 10.2 Å². The number of nitrogens with one attached hydrogen (secondary N) is 1. The molecule has 0 aliphatic rings. The van der Waals surface area contributed by atoms with Gasteiger partial charge in [0, 0.05) is 13.1 Å². The molecule has 0 bridgehead atoms. The van der Waals surface area contributed by atoms with Crippen molar-refractivity contribution in [1.29, 1.82) is 0 Å². The van der Waals surface area contributed by atoms with Crippen molar-refractivity contribution >= 4 is 0 Å². The molecule has 2 heteroatoms. The number of nitrogens with zero attached hydrogens (tertiary/aromatic N) is 1. The second kappa shape index (κ2) is 6.41. The van der Waals surface area contributed by atoms with Gasteiger partial charge in [0.05, 0.1) is 0 Å². The monoisotopic (exact) mass is 200 g/mol. The van der Waals surface area contributed by atoms with Crippen LogP contribution in [-0.2, 0) is 0 Å². The molecule has 0 rings (SSSR count). The largest absolute Gasteiger partial charge is 0.319 e. The van der Waals surface area contributed by atoms with Crippen LogP contribution in [0.15, 0.2) is 0 Å². The van der Waals surface area contributed by atoms with Crippen LogP contribution < -0.4 is 5.32 Å². The molecule has 1 N–H and O–H groups in total. The van der Waals surface area contributed by atoms with Gasteiger partial charge in [-0.15, -0.1) is 0 Å². The molecule has 0 saturated carbocycles. The smallest absolute Gasteiger partial charge is 0.00271 e. The highest BCUT2D eigenvalue weighted by Gasteiger charge is 2.15. The molecule has 14 heavy (non-hydrogen) atoms. The predicted molar refractivity (Wildman–Crippen MR) is 64.7 cm³/mol. The fourth-order valence-electron chi connectivity index (χ4n) is 1.94. The Morgan fingerprint density at radius 1 is 1.29 bits per heavy atom. The molecular formula is C12H28N2. The van der Waals surface area contributed by atoms with Gasteiger partial charge in [0.15, 0.2) is 0 Å². The molecule has 1 unspecified atom stereocenters. The van der Waals surface area contributed by atoms with Crippen LogP contribution in [0.1, 0.15) is 34.1 Å². The van der Waals surface area contributed by atoms with E-state index in [1.807, 2.05) is 7.05 Å². The van der Waals surface area contributed by atoms with E-state index in [1.165, 1.54) is 19.5 Å². The van der Waals surface area contributed by atoms with Gasteiger partial charge in [0.25, 0.3) is 0 Å². The third-order valence-corrected chi connectivity index (χ3v) is 2.38. The maximum Gasteiger partial charge on any atom is 0.00271 e. The molecule has 0 aromatic heterocycles. The first-order chi connectivity index (χ1) is 6.39. The Morgan fingerprint density at radius 2 is 1.86 bits per heavy atom. The van der Waals surface area contributed by atoms with Gasteiger partial charge in [-0.1, -0.05) is 34.1 Å². The Kier molecular flexibility index (Phi) is 6.38. The highest BCUT2D eigenvalue weighted by molar-refractivity contribution is 4.70. The minimum absolute atomic E-state index is 0.409.